The van der Waals surface area contributed by atoms with Crippen LogP contribution in [-0.4, -0.2) is 109 Å². The first-order valence-electron chi connectivity index (χ1n) is 26.0. The van der Waals surface area contributed by atoms with Crippen molar-refractivity contribution in [2.75, 3.05) is 61.1 Å². The Balaban J connectivity index is 0.827. The van der Waals surface area contributed by atoms with Gasteiger partial charge in [-0.05, 0) is 137 Å². The molecule has 5 aromatic rings. The number of amides is 1. The largest absolute Gasteiger partial charge is 0.489 e. The maximum absolute atomic E-state index is 14.8. The fourth-order valence-corrected chi connectivity index (χ4v) is 14.2. The minimum atomic E-state index is -4.71. The first kappa shape index (κ1) is 47.8. The number of aromatic nitrogens is 2. The summed E-state index contributed by atoms with van der Waals surface area (Å²) in [6, 6.07) is 21.1. The van der Waals surface area contributed by atoms with Gasteiger partial charge in [-0.1, -0.05) is 36.4 Å². The van der Waals surface area contributed by atoms with Gasteiger partial charge in [-0.3, -0.25) is 19.8 Å². The van der Waals surface area contributed by atoms with Crippen LogP contribution in [0.15, 0.2) is 84.4 Å². The Morgan fingerprint density at radius 3 is 2.52 bits per heavy atom. The lowest BCUT2D eigenvalue weighted by Crippen LogP contribution is -2.55. The molecule has 12 rings (SSSR count). The van der Waals surface area contributed by atoms with Crippen LogP contribution in [0.2, 0.25) is 0 Å². The number of ether oxygens (including phenoxy) is 3. The molecule has 7 aliphatic rings. The summed E-state index contributed by atoms with van der Waals surface area (Å²) in [6.45, 7) is 12.3. The van der Waals surface area contributed by atoms with E-state index in [1.165, 1.54) is 36.5 Å². The number of allylic oxidation sites excluding steroid dienone is 1. The summed E-state index contributed by atoms with van der Waals surface area (Å²) in [6.07, 6.45) is 10.9. The van der Waals surface area contributed by atoms with E-state index in [-0.39, 0.29) is 53.0 Å². The highest BCUT2D eigenvalue weighted by Crippen LogP contribution is 2.55. The van der Waals surface area contributed by atoms with E-state index in [2.05, 4.69) is 62.6 Å². The number of nitro groups is 1. The van der Waals surface area contributed by atoms with Crippen molar-refractivity contribution < 1.29 is 37.5 Å². The molecule has 7 heterocycles. The zero-order chi connectivity index (χ0) is 50.4. The maximum atomic E-state index is 14.8. The Morgan fingerprint density at radius 1 is 0.945 bits per heavy atom. The molecular weight excluding hydrogens is 949 g/mol. The van der Waals surface area contributed by atoms with Gasteiger partial charge in [0.25, 0.3) is 21.6 Å². The SMILES string of the molecule is C=C(C)c1ccccc1[C@@H]1CCCN1C1CC2(CCN(c3ccc(C(=O)NS(=O)(=O)c4cc5c(c([N+](=O)[O-])c4)N[C@@H](C4CCC(C)(O)CC4)CO5)c(N4C[C@@H]5COC[C@@H]5Oc5nc6[nH]ccc6cc54)c3)CC2)C1. The number of pyridine rings is 1. The molecule has 4 atom stereocenters. The van der Waals surface area contributed by atoms with Gasteiger partial charge in [-0.25, -0.2) is 13.1 Å². The van der Waals surface area contributed by atoms with Gasteiger partial charge in [0.05, 0.1) is 45.9 Å². The summed E-state index contributed by atoms with van der Waals surface area (Å²) in [5.74, 6) is -0.524. The van der Waals surface area contributed by atoms with Crippen molar-refractivity contribution in [1.29, 1.82) is 0 Å². The molecule has 5 aliphatic heterocycles. The Kier molecular flexibility index (Phi) is 12.0. The van der Waals surface area contributed by atoms with Crippen molar-refractivity contribution >= 4 is 61.0 Å². The van der Waals surface area contributed by atoms with Crippen molar-refractivity contribution in [1.82, 2.24) is 19.6 Å². The number of hydrogen-bond donors (Lipinski definition) is 4. The molecule has 1 amide bonds. The number of nitrogens with zero attached hydrogens (tertiary/aromatic N) is 5. The molecule has 3 saturated heterocycles. The number of anilines is 4. The number of aromatic amines is 1. The van der Waals surface area contributed by atoms with Gasteiger partial charge in [-0.15, -0.1) is 0 Å². The van der Waals surface area contributed by atoms with Gasteiger partial charge in [0.15, 0.2) is 11.4 Å². The van der Waals surface area contributed by atoms with Crippen molar-refractivity contribution in [2.24, 2.45) is 17.3 Å². The van der Waals surface area contributed by atoms with Gasteiger partial charge < -0.3 is 39.4 Å². The van der Waals surface area contributed by atoms with Crippen molar-refractivity contribution in [3.8, 4) is 11.6 Å². The standard InChI is InChI=1S/C55H64N8O9S/c1-33(2)40-7-4-5-8-41(40)44-9-6-20-61(44)38-27-55(28-38)17-21-60(22-18-55)37-10-11-42(45(24-37)62-29-36-30-70-32-49(36)72-53-47(62)23-35-14-19-56-51(35)58-53)52(64)59-73(68,69)39-25-46(63(66)67)50-48(26-39)71-31-43(57-50)34-12-15-54(3,65)16-13-34/h4-5,7-8,10-11,14,19,23-26,34,36,38,43-44,49,57,65H,1,6,9,12-13,15-18,20-22,27-32H2,2-3H3,(H,56,58)(H,59,64)/t34?,36-,43-,44+,49+,54?/m1/s1. The number of nitrogens with one attached hydrogen (secondary N) is 3. The lowest BCUT2D eigenvalue weighted by Gasteiger charge is -2.56. The molecule has 3 aromatic carbocycles. The average molecular weight is 1010 g/mol. The number of H-pyrrole nitrogens is 1. The van der Waals surface area contributed by atoms with E-state index in [0.29, 0.717) is 80.4 Å². The summed E-state index contributed by atoms with van der Waals surface area (Å²) in [4.78, 5) is 41.4. The molecule has 17 nitrogen and oxygen atoms in total. The van der Waals surface area contributed by atoms with Gasteiger partial charge in [0, 0.05) is 67.0 Å². The van der Waals surface area contributed by atoms with E-state index in [1.807, 2.05) is 36.1 Å². The normalized spacial score (nSPS) is 26.9. The molecule has 18 heteroatoms. The molecule has 0 bridgehead atoms. The Labute approximate surface area is 425 Å². The number of benzene rings is 3. The Bertz CT molecular complexity index is 3110. The first-order valence-corrected chi connectivity index (χ1v) is 27.5. The molecule has 1 spiro atoms. The van der Waals surface area contributed by atoms with E-state index in [9.17, 15) is 28.4 Å². The molecular formula is C55H64N8O9S. The third-order valence-electron chi connectivity index (χ3n) is 17.4. The summed E-state index contributed by atoms with van der Waals surface area (Å²) in [5.41, 5.74) is 5.62. The zero-order valence-electron chi connectivity index (χ0n) is 41.5. The molecule has 2 saturated carbocycles. The van der Waals surface area contributed by atoms with Gasteiger partial charge in [-0.2, -0.15) is 4.98 Å². The smallest absolute Gasteiger partial charge is 0.297 e. The lowest BCUT2D eigenvalue weighted by atomic mass is 9.59. The Hall–Kier alpha value is -6.21. The summed E-state index contributed by atoms with van der Waals surface area (Å²) >= 11 is 0. The fourth-order valence-electron chi connectivity index (χ4n) is 13.2. The maximum Gasteiger partial charge on any atom is 0.297 e. The number of carbonyl (C=O) groups is 1. The second kappa shape index (κ2) is 18.3. The first-order chi connectivity index (χ1) is 35.1. The van der Waals surface area contributed by atoms with E-state index >= 15 is 0 Å². The number of hydrogen-bond acceptors (Lipinski definition) is 14. The highest BCUT2D eigenvalue weighted by Gasteiger charge is 2.50. The lowest BCUT2D eigenvalue weighted by molar-refractivity contribution is -0.384. The van der Waals surface area contributed by atoms with Crippen LogP contribution in [0.5, 0.6) is 11.6 Å². The summed E-state index contributed by atoms with van der Waals surface area (Å²) in [5, 5.41) is 27.2. The van der Waals surface area contributed by atoms with E-state index < -0.39 is 37.0 Å². The van der Waals surface area contributed by atoms with Gasteiger partial charge in [0.1, 0.15) is 24.0 Å². The minimum absolute atomic E-state index is 0.00884. The quantitative estimate of drug-likeness (QED) is 0.0763. The number of fused-ring (bicyclic) bond motifs is 4. The van der Waals surface area contributed by atoms with Crippen LogP contribution < -0.4 is 29.3 Å². The zero-order valence-corrected chi connectivity index (χ0v) is 42.3. The van der Waals surface area contributed by atoms with Crippen molar-refractivity contribution in [3.63, 3.8) is 0 Å². The van der Waals surface area contributed by atoms with Crippen LogP contribution in [0, 0.1) is 27.4 Å². The van der Waals surface area contributed by atoms with Crippen LogP contribution in [0.25, 0.3) is 16.6 Å². The number of aliphatic hydroxyl groups is 1. The molecule has 2 aliphatic carbocycles. The van der Waals surface area contributed by atoms with Crippen LogP contribution in [-0.2, 0) is 14.8 Å². The second-order valence-electron chi connectivity index (χ2n) is 22.2. The molecule has 73 heavy (non-hydrogen) atoms. The second-order valence-corrected chi connectivity index (χ2v) is 23.9. The van der Waals surface area contributed by atoms with Crippen LogP contribution in [0.4, 0.5) is 28.4 Å². The third kappa shape index (κ3) is 8.86. The number of sulfonamides is 1. The predicted octanol–water partition coefficient (Wildman–Crippen LogP) is 8.87. The Morgan fingerprint density at radius 2 is 1.74 bits per heavy atom. The van der Waals surface area contributed by atoms with Crippen molar-refractivity contribution in [3.05, 3.63) is 106 Å². The monoisotopic (exact) mass is 1010 g/mol. The highest BCUT2D eigenvalue weighted by molar-refractivity contribution is 7.90. The summed E-state index contributed by atoms with van der Waals surface area (Å²) < 4.78 is 49.6. The highest BCUT2D eigenvalue weighted by atomic mass is 32.2. The van der Waals surface area contributed by atoms with Gasteiger partial charge >= 0.3 is 0 Å². The molecule has 5 fully saturated rings. The van der Waals surface area contributed by atoms with Gasteiger partial charge in [0.2, 0.25) is 5.88 Å². The third-order valence-corrected chi connectivity index (χ3v) is 18.7. The van der Waals surface area contributed by atoms with E-state index in [0.717, 1.165) is 61.6 Å². The number of nitro benzene ring substituents is 1. The number of carbonyl (C=O) groups excluding carboxylic acids is 1. The van der Waals surface area contributed by atoms with Crippen LogP contribution in [0.3, 0.4) is 0 Å². The summed E-state index contributed by atoms with van der Waals surface area (Å²) in [7, 11) is -4.71. The van der Waals surface area contributed by atoms with Crippen LogP contribution >= 0.6 is 0 Å². The molecule has 4 N–H and O–H groups in total. The molecule has 0 unspecified atom stereocenters. The molecule has 384 valence electrons. The minimum Gasteiger partial charge on any atom is -0.489 e. The average Bonchev–Trinajstić information content (AvgIpc) is 4.14. The van der Waals surface area contributed by atoms with E-state index in [1.54, 1.807) is 12.3 Å². The fraction of sp³-hybridized carbons (Fsp3) is 0.491. The number of piperidine rings is 1. The predicted molar refractivity (Wildman–Crippen MR) is 278 cm³/mol. The molecule has 0 radical (unpaired) electrons. The number of rotatable bonds is 10. The number of likely N-dealkylation sites (tertiary alicyclic amines) is 1. The molecule has 2 aromatic heterocycles. The topological polar surface area (TPSA) is 205 Å². The van der Waals surface area contributed by atoms with Crippen LogP contribution in [0.1, 0.15) is 106 Å². The van der Waals surface area contributed by atoms with Crippen molar-refractivity contribution in [2.45, 2.75) is 113 Å². The van der Waals surface area contributed by atoms with E-state index in [4.69, 9.17) is 19.2 Å².